The highest BCUT2D eigenvalue weighted by atomic mass is 16.5. The zero-order valence-electron chi connectivity index (χ0n) is 11.7. The fourth-order valence-corrected chi connectivity index (χ4v) is 2.50. The van der Waals surface area contributed by atoms with Crippen molar-refractivity contribution in [1.29, 1.82) is 0 Å². The van der Waals surface area contributed by atoms with Gasteiger partial charge in [0, 0.05) is 30.1 Å². The summed E-state index contributed by atoms with van der Waals surface area (Å²) in [6.07, 6.45) is 1.12. The predicted molar refractivity (Wildman–Crippen MR) is 76.2 cm³/mol. The molecule has 0 amide bonds. The minimum absolute atomic E-state index is 0.204. The van der Waals surface area contributed by atoms with Gasteiger partial charge in [-0.3, -0.25) is 0 Å². The van der Waals surface area contributed by atoms with Crippen LogP contribution in [0.5, 0.6) is 5.75 Å². The van der Waals surface area contributed by atoms with E-state index in [0.29, 0.717) is 6.54 Å². The van der Waals surface area contributed by atoms with Crippen LogP contribution in [0.3, 0.4) is 0 Å². The fraction of sp³-hybridized carbons (Fsp3) is 0.467. The average Bonchev–Trinajstić information content (AvgIpc) is 2.54. The first-order valence-corrected chi connectivity index (χ1v) is 6.49. The molecule has 2 N–H and O–H groups in total. The lowest BCUT2D eigenvalue weighted by atomic mass is 10.1. The third-order valence-electron chi connectivity index (χ3n) is 3.32. The van der Waals surface area contributed by atoms with E-state index in [0.717, 1.165) is 12.2 Å². The summed E-state index contributed by atoms with van der Waals surface area (Å²) in [7, 11) is 2.10. The summed E-state index contributed by atoms with van der Waals surface area (Å²) in [6, 6.07) is 6.29. The number of aromatic nitrogens is 1. The first kappa shape index (κ1) is 13.0. The number of nitrogens with zero attached hydrogens (tertiary/aromatic N) is 1. The molecule has 0 saturated carbocycles. The standard InChI is InChI=1S/C15H22N2O/c1-10(2)18-12-5-6-15-13(9-12)11(3)14(7-8-16)17(15)4/h5-6,9-10H,7-8,16H2,1-4H3. The van der Waals surface area contributed by atoms with Crippen LogP contribution in [0, 0.1) is 6.92 Å². The van der Waals surface area contributed by atoms with Gasteiger partial charge in [-0.25, -0.2) is 0 Å². The second-order valence-electron chi connectivity index (χ2n) is 5.01. The van der Waals surface area contributed by atoms with Crippen LogP contribution in [0.1, 0.15) is 25.1 Å². The molecule has 0 saturated heterocycles. The topological polar surface area (TPSA) is 40.2 Å². The molecule has 0 spiro atoms. The number of rotatable bonds is 4. The highest BCUT2D eigenvalue weighted by Gasteiger charge is 2.12. The Bertz CT molecular complexity index is 555. The first-order chi connectivity index (χ1) is 8.54. The van der Waals surface area contributed by atoms with E-state index in [1.807, 2.05) is 19.9 Å². The summed E-state index contributed by atoms with van der Waals surface area (Å²) in [4.78, 5) is 0. The quantitative estimate of drug-likeness (QED) is 0.901. The van der Waals surface area contributed by atoms with Gasteiger partial charge in [0.25, 0.3) is 0 Å². The van der Waals surface area contributed by atoms with Crippen molar-refractivity contribution >= 4 is 10.9 Å². The molecule has 98 valence electrons. The smallest absolute Gasteiger partial charge is 0.120 e. The van der Waals surface area contributed by atoms with E-state index in [4.69, 9.17) is 10.5 Å². The van der Waals surface area contributed by atoms with Gasteiger partial charge < -0.3 is 15.0 Å². The van der Waals surface area contributed by atoms with Gasteiger partial charge in [0.05, 0.1) is 6.10 Å². The molecule has 0 radical (unpaired) electrons. The van der Waals surface area contributed by atoms with Crippen molar-refractivity contribution in [2.24, 2.45) is 12.8 Å². The zero-order valence-corrected chi connectivity index (χ0v) is 11.7. The molecule has 0 unspecified atom stereocenters. The van der Waals surface area contributed by atoms with Crippen molar-refractivity contribution in [2.75, 3.05) is 6.54 Å². The monoisotopic (exact) mass is 246 g/mol. The van der Waals surface area contributed by atoms with Crippen molar-refractivity contribution in [3.8, 4) is 5.75 Å². The summed E-state index contributed by atoms with van der Waals surface area (Å²) in [6.45, 7) is 6.93. The Morgan fingerprint density at radius 1 is 1.33 bits per heavy atom. The van der Waals surface area contributed by atoms with E-state index >= 15 is 0 Å². The molecule has 3 heteroatoms. The summed E-state index contributed by atoms with van der Waals surface area (Å²) in [5.74, 6) is 0.936. The van der Waals surface area contributed by atoms with Gasteiger partial charge >= 0.3 is 0 Å². The zero-order chi connectivity index (χ0) is 13.3. The van der Waals surface area contributed by atoms with Gasteiger partial charge in [-0.1, -0.05) is 0 Å². The maximum Gasteiger partial charge on any atom is 0.120 e. The number of benzene rings is 1. The molecule has 0 bridgehead atoms. The van der Waals surface area contributed by atoms with E-state index in [2.05, 4.69) is 30.7 Å². The molecular formula is C15H22N2O. The third kappa shape index (κ3) is 2.23. The average molecular weight is 246 g/mol. The Kier molecular flexibility index (Phi) is 3.62. The summed E-state index contributed by atoms with van der Waals surface area (Å²) >= 11 is 0. The molecule has 0 fully saturated rings. The molecule has 3 nitrogen and oxygen atoms in total. The molecule has 2 aromatic rings. The second-order valence-corrected chi connectivity index (χ2v) is 5.01. The fourth-order valence-electron chi connectivity index (χ4n) is 2.50. The SMILES string of the molecule is Cc1c(CCN)n(C)c2ccc(OC(C)C)cc12. The van der Waals surface area contributed by atoms with Crippen LogP contribution in [-0.2, 0) is 13.5 Å². The first-order valence-electron chi connectivity index (χ1n) is 6.49. The van der Waals surface area contributed by atoms with Crippen LogP contribution >= 0.6 is 0 Å². The van der Waals surface area contributed by atoms with Gasteiger partial charge in [-0.15, -0.1) is 0 Å². The number of ether oxygens (including phenoxy) is 1. The molecule has 2 rings (SSSR count). The van der Waals surface area contributed by atoms with Gasteiger partial charge in [-0.05, 0) is 51.1 Å². The van der Waals surface area contributed by atoms with Crippen molar-refractivity contribution in [3.05, 3.63) is 29.5 Å². The normalized spacial score (nSPS) is 11.4. The van der Waals surface area contributed by atoms with Gasteiger partial charge in [0.1, 0.15) is 5.75 Å². The Balaban J connectivity index is 2.52. The van der Waals surface area contributed by atoms with Crippen LogP contribution in [-0.4, -0.2) is 17.2 Å². The lowest BCUT2D eigenvalue weighted by Crippen LogP contribution is -2.07. The van der Waals surface area contributed by atoms with Crippen molar-refractivity contribution in [2.45, 2.75) is 33.3 Å². The molecule has 1 aromatic carbocycles. The molecule has 0 aliphatic carbocycles. The third-order valence-corrected chi connectivity index (χ3v) is 3.32. The van der Waals surface area contributed by atoms with Crippen molar-refractivity contribution in [1.82, 2.24) is 4.57 Å². The molecule has 18 heavy (non-hydrogen) atoms. The highest BCUT2D eigenvalue weighted by molar-refractivity contribution is 5.86. The van der Waals surface area contributed by atoms with E-state index in [-0.39, 0.29) is 6.10 Å². The Morgan fingerprint density at radius 3 is 2.67 bits per heavy atom. The van der Waals surface area contributed by atoms with Crippen LogP contribution in [0.2, 0.25) is 0 Å². The number of aryl methyl sites for hydroxylation is 2. The molecule has 0 aliphatic heterocycles. The Morgan fingerprint density at radius 2 is 2.06 bits per heavy atom. The van der Waals surface area contributed by atoms with Gasteiger partial charge in [0.2, 0.25) is 0 Å². The van der Waals surface area contributed by atoms with Crippen LogP contribution < -0.4 is 10.5 Å². The molecule has 0 atom stereocenters. The number of nitrogens with two attached hydrogens (primary N) is 1. The highest BCUT2D eigenvalue weighted by Crippen LogP contribution is 2.28. The maximum absolute atomic E-state index is 5.75. The Labute approximate surface area is 109 Å². The lowest BCUT2D eigenvalue weighted by Gasteiger charge is -2.09. The minimum Gasteiger partial charge on any atom is -0.491 e. The van der Waals surface area contributed by atoms with Crippen molar-refractivity contribution in [3.63, 3.8) is 0 Å². The van der Waals surface area contributed by atoms with E-state index in [1.165, 1.54) is 22.2 Å². The van der Waals surface area contributed by atoms with Crippen LogP contribution in [0.4, 0.5) is 0 Å². The Hall–Kier alpha value is -1.48. The van der Waals surface area contributed by atoms with E-state index in [1.54, 1.807) is 0 Å². The molecular weight excluding hydrogens is 224 g/mol. The van der Waals surface area contributed by atoms with E-state index < -0.39 is 0 Å². The van der Waals surface area contributed by atoms with E-state index in [9.17, 15) is 0 Å². The summed E-state index contributed by atoms with van der Waals surface area (Å²) < 4.78 is 7.99. The second kappa shape index (κ2) is 5.02. The largest absolute Gasteiger partial charge is 0.491 e. The summed E-state index contributed by atoms with van der Waals surface area (Å²) in [5.41, 5.74) is 9.55. The van der Waals surface area contributed by atoms with Crippen molar-refractivity contribution < 1.29 is 4.74 Å². The van der Waals surface area contributed by atoms with Crippen LogP contribution in [0.25, 0.3) is 10.9 Å². The predicted octanol–water partition coefficient (Wildman–Crippen LogP) is 2.78. The number of hydrogen-bond donors (Lipinski definition) is 1. The van der Waals surface area contributed by atoms with Gasteiger partial charge in [-0.2, -0.15) is 0 Å². The maximum atomic E-state index is 5.75. The van der Waals surface area contributed by atoms with Gasteiger partial charge in [0.15, 0.2) is 0 Å². The number of fused-ring (bicyclic) bond motifs is 1. The molecule has 1 heterocycles. The summed E-state index contributed by atoms with van der Waals surface area (Å²) in [5, 5.41) is 1.26. The molecule has 1 aromatic heterocycles. The lowest BCUT2D eigenvalue weighted by molar-refractivity contribution is 0.243. The minimum atomic E-state index is 0.204. The molecule has 0 aliphatic rings. The van der Waals surface area contributed by atoms with Crippen LogP contribution in [0.15, 0.2) is 18.2 Å². The number of hydrogen-bond acceptors (Lipinski definition) is 2.